The number of aromatic nitrogens is 2. The molecule has 0 aliphatic rings. The molecule has 1 heterocycles. The van der Waals surface area contributed by atoms with Crippen LogP contribution >= 0.6 is 11.5 Å². The van der Waals surface area contributed by atoms with Gasteiger partial charge in [0.05, 0.1) is 11.4 Å². The van der Waals surface area contributed by atoms with Crippen molar-refractivity contribution in [3.63, 3.8) is 0 Å². The second-order valence-corrected chi connectivity index (χ2v) is 5.64. The number of rotatable bonds is 6. The van der Waals surface area contributed by atoms with Gasteiger partial charge >= 0.3 is 0 Å². The van der Waals surface area contributed by atoms with E-state index in [0.717, 1.165) is 23.6 Å². The van der Waals surface area contributed by atoms with E-state index in [4.69, 9.17) is 0 Å². The summed E-state index contributed by atoms with van der Waals surface area (Å²) < 4.78 is 17.8. The highest BCUT2D eigenvalue weighted by molar-refractivity contribution is 7.08. The number of amides is 1. The number of anilines is 1. The molecule has 22 heavy (non-hydrogen) atoms. The summed E-state index contributed by atoms with van der Waals surface area (Å²) in [5.74, 6) is -0.508. The van der Waals surface area contributed by atoms with E-state index in [2.05, 4.69) is 14.9 Å². The fraction of sp³-hybridized carbons (Fsp3) is 0.400. The standard InChI is InChI=1S/C15H19FN4OS/c1-4-12-14(22-19-18-12)15(21)17-9-10-6-7-13(11(16)8-10)20(3)5-2/h6-8H,4-5,9H2,1-3H3,(H,17,21). The van der Waals surface area contributed by atoms with Gasteiger partial charge in [-0.05, 0) is 42.6 Å². The molecule has 1 N–H and O–H groups in total. The molecule has 0 spiro atoms. The molecule has 0 bridgehead atoms. The van der Waals surface area contributed by atoms with E-state index in [1.54, 1.807) is 6.07 Å². The van der Waals surface area contributed by atoms with Crippen molar-refractivity contribution < 1.29 is 9.18 Å². The molecular formula is C15H19FN4OS. The van der Waals surface area contributed by atoms with Gasteiger partial charge in [0.1, 0.15) is 10.7 Å². The summed E-state index contributed by atoms with van der Waals surface area (Å²) in [7, 11) is 1.84. The fourth-order valence-corrected chi connectivity index (χ4v) is 2.68. The first-order valence-corrected chi connectivity index (χ1v) is 7.93. The average molecular weight is 322 g/mol. The largest absolute Gasteiger partial charge is 0.373 e. The zero-order valence-electron chi connectivity index (χ0n) is 12.9. The summed E-state index contributed by atoms with van der Waals surface area (Å²) in [6.07, 6.45) is 0.659. The van der Waals surface area contributed by atoms with Crippen molar-refractivity contribution >= 4 is 23.1 Å². The van der Waals surface area contributed by atoms with Gasteiger partial charge in [-0.15, -0.1) is 5.10 Å². The summed E-state index contributed by atoms with van der Waals surface area (Å²) in [4.78, 5) is 14.4. The van der Waals surface area contributed by atoms with Crippen LogP contribution in [0.5, 0.6) is 0 Å². The third-order valence-electron chi connectivity index (χ3n) is 3.45. The normalized spacial score (nSPS) is 10.5. The Morgan fingerprint density at radius 2 is 2.18 bits per heavy atom. The van der Waals surface area contributed by atoms with Crippen LogP contribution in [0.1, 0.15) is 34.8 Å². The van der Waals surface area contributed by atoms with E-state index in [-0.39, 0.29) is 18.3 Å². The Bertz CT molecular complexity index is 659. The van der Waals surface area contributed by atoms with Crippen molar-refractivity contribution in [3.05, 3.63) is 40.2 Å². The van der Waals surface area contributed by atoms with E-state index in [0.29, 0.717) is 22.7 Å². The van der Waals surface area contributed by atoms with Gasteiger partial charge in [0, 0.05) is 20.1 Å². The lowest BCUT2D eigenvalue weighted by atomic mass is 10.2. The highest BCUT2D eigenvalue weighted by Gasteiger charge is 2.15. The number of benzene rings is 1. The Labute approximate surface area is 133 Å². The number of hydrogen-bond acceptors (Lipinski definition) is 5. The lowest BCUT2D eigenvalue weighted by Gasteiger charge is -2.18. The summed E-state index contributed by atoms with van der Waals surface area (Å²) in [6, 6.07) is 5.00. The smallest absolute Gasteiger partial charge is 0.265 e. The van der Waals surface area contributed by atoms with Crippen molar-refractivity contribution in [1.82, 2.24) is 14.9 Å². The fourth-order valence-electron chi connectivity index (χ4n) is 2.02. The van der Waals surface area contributed by atoms with Crippen LogP contribution in [0.2, 0.25) is 0 Å². The zero-order valence-corrected chi connectivity index (χ0v) is 13.7. The third-order valence-corrected chi connectivity index (χ3v) is 4.21. The van der Waals surface area contributed by atoms with Gasteiger partial charge in [0.2, 0.25) is 0 Å². The molecule has 0 fully saturated rings. The van der Waals surface area contributed by atoms with Crippen LogP contribution in [-0.2, 0) is 13.0 Å². The minimum absolute atomic E-state index is 0.220. The second-order valence-electron chi connectivity index (χ2n) is 4.88. The molecule has 1 aromatic carbocycles. The van der Waals surface area contributed by atoms with Crippen LogP contribution in [0.25, 0.3) is 0 Å². The molecule has 1 aromatic heterocycles. The van der Waals surface area contributed by atoms with Crippen molar-refractivity contribution in [3.8, 4) is 0 Å². The van der Waals surface area contributed by atoms with E-state index >= 15 is 0 Å². The number of halogens is 1. The van der Waals surface area contributed by atoms with Crippen LogP contribution in [0, 0.1) is 5.82 Å². The predicted octanol–water partition coefficient (Wildman–Crippen LogP) is 2.63. The van der Waals surface area contributed by atoms with Gasteiger partial charge in [-0.25, -0.2) is 4.39 Å². The van der Waals surface area contributed by atoms with Crippen LogP contribution in [0.15, 0.2) is 18.2 Å². The Balaban J connectivity index is 2.03. The van der Waals surface area contributed by atoms with Crippen LogP contribution in [0.4, 0.5) is 10.1 Å². The first kappa shape index (κ1) is 16.4. The van der Waals surface area contributed by atoms with Crippen LogP contribution in [0.3, 0.4) is 0 Å². The van der Waals surface area contributed by atoms with E-state index in [1.165, 1.54) is 6.07 Å². The topological polar surface area (TPSA) is 58.1 Å². The molecule has 118 valence electrons. The minimum atomic E-state index is -0.287. The minimum Gasteiger partial charge on any atom is -0.373 e. The van der Waals surface area contributed by atoms with Crippen LogP contribution < -0.4 is 10.2 Å². The van der Waals surface area contributed by atoms with Crippen molar-refractivity contribution in [2.24, 2.45) is 0 Å². The SMILES string of the molecule is CCc1nnsc1C(=O)NCc1ccc(N(C)CC)c(F)c1. The molecule has 0 aliphatic heterocycles. The molecule has 1 amide bonds. The molecule has 2 rings (SSSR count). The number of nitrogens with one attached hydrogen (secondary N) is 1. The molecule has 0 aliphatic carbocycles. The quantitative estimate of drug-likeness (QED) is 0.888. The van der Waals surface area contributed by atoms with Gasteiger partial charge in [-0.3, -0.25) is 4.79 Å². The second kappa shape index (κ2) is 7.31. The van der Waals surface area contributed by atoms with Gasteiger partial charge in [0.15, 0.2) is 0 Å². The monoisotopic (exact) mass is 322 g/mol. The highest BCUT2D eigenvalue weighted by Crippen LogP contribution is 2.19. The van der Waals surface area contributed by atoms with E-state index in [9.17, 15) is 9.18 Å². The molecule has 0 atom stereocenters. The van der Waals surface area contributed by atoms with Crippen molar-refractivity contribution in [2.45, 2.75) is 26.8 Å². The number of nitrogens with zero attached hydrogens (tertiary/aromatic N) is 3. The number of hydrogen-bond donors (Lipinski definition) is 1. The number of carbonyl (C=O) groups is 1. The predicted molar refractivity (Wildman–Crippen MR) is 85.8 cm³/mol. The lowest BCUT2D eigenvalue weighted by Crippen LogP contribution is -2.23. The molecule has 7 heteroatoms. The molecule has 5 nitrogen and oxygen atoms in total. The van der Waals surface area contributed by atoms with Crippen molar-refractivity contribution in [2.75, 3.05) is 18.5 Å². The number of carbonyl (C=O) groups excluding carboxylic acids is 1. The maximum Gasteiger partial charge on any atom is 0.265 e. The Morgan fingerprint density at radius 3 is 2.82 bits per heavy atom. The summed E-state index contributed by atoms with van der Waals surface area (Å²) in [5, 5.41) is 6.68. The molecular weight excluding hydrogens is 303 g/mol. The molecule has 2 aromatic rings. The molecule has 0 saturated carbocycles. The number of aryl methyl sites for hydroxylation is 1. The third kappa shape index (κ3) is 3.59. The molecule has 0 radical (unpaired) electrons. The average Bonchev–Trinajstić information content (AvgIpc) is 3.00. The van der Waals surface area contributed by atoms with E-state index in [1.807, 2.05) is 31.9 Å². The van der Waals surface area contributed by atoms with Gasteiger partial charge in [-0.2, -0.15) is 0 Å². The maximum atomic E-state index is 14.0. The van der Waals surface area contributed by atoms with Gasteiger partial charge in [-0.1, -0.05) is 17.5 Å². The summed E-state index contributed by atoms with van der Waals surface area (Å²) in [6.45, 7) is 4.88. The Hall–Kier alpha value is -2.02. The van der Waals surface area contributed by atoms with Crippen LogP contribution in [-0.4, -0.2) is 29.1 Å². The Kier molecular flexibility index (Phi) is 5.43. The van der Waals surface area contributed by atoms with Crippen molar-refractivity contribution in [1.29, 1.82) is 0 Å². The maximum absolute atomic E-state index is 14.0. The first-order valence-electron chi connectivity index (χ1n) is 7.15. The summed E-state index contributed by atoms with van der Waals surface area (Å²) in [5.41, 5.74) is 1.96. The Morgan fingerprint density at radius 1 is 1.41 bits per heavy atom. The van der Waals surface area contributed by atoms with Gasteiger partial charge < -0.3 is 10.2 Å². The molecule has 0 saturated heterocycles. The van der Waals surface area contributed by atoms with Gasteiger partial charge in [0.25, 0.3) is 5.91 Å². The highest BCUT2D eigenvalue weighted by atomic mass is 32.1. The molecule has 0 unspecified atom stereocenters. The van der Waals surface area contributed by atoms with E-state index < -0.39 is 0 Å². The summed E-state index contributed by atoms with van der Waals surface area (Å²) >= 11 is 1.08. The lowest BCUT2D eigenvalue weighted by molar-refractivity contribution is 0.0954. The zero-order chi connectivity index (χ0) is 16.1. The first-order chi connectivity index (χ1) is 10.6.